The van der Waals surface area contributed by atoms with E-state index in [9.17, 15) is 0 Å². The van der Waals surface area contributed by atoms with E-state index in [0.29, 0.717) is 22.7 Å². The Balaban J connectivity index is 1.51. The van der Waals surface area contributed by atoms with Crippen molar-refractivity contribution in [1.29, 1.82) is 0 Å². The second-order valence-corrected chi connectivity index (χ2v) is 6.61. The molecule has 7 heteroatoms. The summed E-state index contributed by atoms with van der Waals surface area (Å²) >= 11 is 5.35. The minimum Gasteiger partial charge on any atom is -0.493 e. The van der Waals surface area contributed by atoms with Gasteiger partial charge in [-0.15, -0.1) is 0 Å². The number of nitrogens with zero attached hydrogens (tertiary/aromatic N) is 2. The summed E-state index contributed by atoms with van der Waals surface area (Å²) < 4.78 is 10.5. The summed E-state index contributed by atoms with van der Waals surface area (Å²) in [5, 5.41) is 8.18. The lowest BCUT2D eigenvalue weighted by Crippen LogP contribution is -2.58. The van der Waals surface area contributed by atoms with Crippen LogP contribution < -0.4 is 20.2 Å². The van der Waals surface area contributed by atoms with E-state index in [1.54, 1.807) is 20.4 Å². The lowest BCUT2D eigenvalue weighted by molar-refractivity contribution is 0.0812. The van der Waals surface area contributed by atoms with E-state index in [2.05, 4.69) is 20.7 Å². The van der Waals surface area contributed by atoms with Crippen LogP contribution in [0.1, 0.15) is 18.4 Å². The Morgan fingerprint density at radius 2 is 2.00 bits per heavy atom. The van der Waals surface area contributed by atoms with Crippen LogP contribution in [0.25, 0.3) is 0 Å². The third kappa shape index (κ3) is 3.96. The van der Waals surface area contributed by atoms with Crippen molar-refractivity contribution in [3.8, 4) is 11.5 Å². The number of methoxy groups -OCH3 is 2. The maximum atomic E-state index is 5.35. The third-order valence-electron chi connectivity index (χ3n) is 4.76. The van der Waals surface area contributed by atoms with Crippen molar-refractivity contribution >= 4 is 23.5 Å². The number of thiocarbonyl (C=S) groups is 1. The van der Waals surface area contributed by atoms with Gasteiger partial charge in [-0.25, -0.2) is 0 Å². The zero-order valence-corrected chi connectivity index (χ0v) is 14.9. The minimum atomic E-state index is 0.434. The standard InChI is InChI=1S/C17H24N4O2S/c1-22-15-4-3-12(9-16(15)23-2)10-18-20-17(24)19-14-11-21-7-5-13(14)6-8-21/h3-4,9-10,13-14H,5-8,11H2,1-2H3,(H2,19,20,24). The topological polar surface area (TPSA) is 58.1 Å². The zero-order chi connectivity index (χ0) is 16.9. The zero-order valence-electron chi connectivity index (χ0n) is 14.1. The second kappa shape index (κ2) is 7.81. The summed E-state index contributed by atoms with van der Waals surface area (Å²) in [6.45, 7) is 3.52. The van der Waals surface area contributed by atoms with Gasteiger partial charge in [-0.3, -0.25) is 5.43 Å². The minimum absolute atomic E-state index is 0.434. The number of hydrogen-bond acceptors (Lipinski definition) is 5. The Morgan fingerprint density at radius 3 is 2.62 bits per heavy atom. The Kier molecular flexibility index (Phi) is 5.52. The van der Waals surface area contributed by atoms with Crippen molar-refractivity contribution in [3.63, 3.8) is 0 Å². The fraction of sp³-hybridized carbons (Fsp3) is 0.529. The molecule has 1 aromatic rings. The molecular formula is C17H24N4O2S. The fourth-order valence-corrected chi connectivity index (χ4v) is 3.63. The molecule has 3 saturated heterocycles. The van der Waals surface area contributed by atoms with Crippen molar-refractivity contribution < 1.29 is 9.47 Å². The summed E-state index contributed by atoms with van der Waals surface area (Å²) in [6, 6.07) is 6.07. The SMILES string of the molecule is COc1ccc(C=NNC(=S)NC2CN3CCC2CC3)cc1OC. The molecule has 130 valence electrons. The van der Waals surface area contributed by atoms with Crippen molar-refractivity contribution in [3.05, 3.63) is 23.8 Å². The van der Waals surface area contributed by atoms with Crippen LogP contribution in [-0.4, -0.2) is 56.1 Å². The molecule has 24 heavy (non-hydrogen) atoms. The van der Waals surface area contributed by atoms with E-state index < -0.39 is 0 Å². The summed E-state index contributed by atoms with van der Waals surface area (Å²) in [4.78, 5) is 2.49. The molecule has 0 aromatic heterocycles. The van der Waals surface area contributed by atoms with Gasteiger partial charge in [0, 0.05) is 12.6 Å². The second-order valence-electron chi connectivity index (χ2n) is 6.20. The lowest BCUT2D eigenvalue weighted by atomic mass is 9.84. The van der Waals surface area contributed by atoms with Gasteiger partial charge in [0.15, 0.2) is 16.6 Å². The maximum absolute atomic E-state index is 5.35. The van der Waals surface area contributed by atoms with Gasteiger partial charge >= 0.3 is 0 Å². The highest BCUT2D eigenvalue weighted by atomic mass is 32.1. The first-order valence-electron chi connectivity index (χ1n) is 8.23. The van der Waals surface area contributed by atoms with E-state index in [1.807, 2.05) is 18.2 Å². The largest absolute Gasteiger partial charge is 0.493 e. The molecule has 3 aliphatic heterocycles. The summed E-state index contributed by atoms with van der Waals surface area (Å²) in [5.41, 5.74) is 3.81. The first-order valence-corrected chi connectivity index (χ1v) is 8.64. The smallest absolute Gasteiger partial charge is 0.187 e. The fourth-order valence-electron chi connectivity index (χ4n) is 3.43. The highest BCUT2D eigenvalue weighted by Crippen LogP contribution is 2.28. The van der Waals surface area contributed by atoms with Crippen LogP contribution >= 0.6 is 12.2 Å². The average Bonchev–Trinajstić information content (AvgIpc) is 2.62. The summed E-state index contributed by atoms with van der Waals surface area (Å²) in [7, 11) is 3.23. The molecular weight excluding hydrogens is 324 g/mol. The molecule has 0 amide bonds. The van der Waals surface area contributed by atoms with Gasteiger partial charge in [0.1, 0.15) is 0 Å². The number of nitrogens with one attached hydrogen (secondary N) is 2. The van der Waals surface area contributed by atoms with Gasteiger partial charge in [-0.05, 0) is 67.8 Å². The summed E-state index contributed by atoms with van der Waals surface area (Å²) in [5.74, 6) is 2.10. The molecule has 0 spiro atoms. The Bertz CT molecular complexity index is 615. The number of rotatable bonds is 5. The van der Waals surface area contributed by atoms with Crippen LogP contribution in [0.4, 0.5) is 0 Å². The molecule has 0 radical (unpaired) electrons. The highest BCUT2D eigenvalue weighted by molar-refractivity contribution is 7.80. The van der Waals surface area contributed by atoms with Crippen LogP contribution in [-0.2, 0) is 0 Å². The van der Waals surface area contributed by atoms with Crippen molar-refractivity contribution in [2.75, 3.05) is 33.9 Å². The predicted molar refractivity (Wildman–Crippen MR) is 99.0 cm³/mol. The monoisotopic (exact) mass is 348 g/mol. The molecule has 1 atom stereocenters. The van der Waals surface area contributed by atoms with Gasteiger partial charge in [0.25, 0.3) is 0 Å². The molecule has 4 rings (SSSR count). The third-order valence-corrected chi connectivity index (χ3v) is 4.97. The summed E-state index contributed by atoms with van der Waals surface area (Å²) in [6.07, 6.45) is 4.23. The van der Waals surface area contributed by atoms with Crippen LogP contribution in [0.15, 0.2) is 23.3 Å². The molecule has 1 aromatic carbocycles. The van der Waals surface area contributed by atoms with E-state index in [1.165, 1.54) is 25.9 Å². The predicted octanol–water partition coefficient (Wildman–Crippen LogP) is 1.60. The van der Waals surface area contributed by atoms with Crippen LogP contribution in [0, 0.1) is 5.92 Å². The molecule has 6 nitrogen and oxygen atoms in total. The molecule has 2 bridgehead atoms. The van der Waals surface area contributed by atoms with E-state index in [-0.39, 0.29) is 0 Å². The van der Waals surface area contributed by atoms with Crippen molar-refractivity contribution in [2.45, 2.75) is 18.9 Å². The number of hydrazone groups is 1. The number of piperidine rings is 3. The Morgan fingerprint density at radius 1 is 1.25 bits per heavy atom. The Hall–Kier alpha value is -1.86. The van der Waals surface area contributed by atoms with Gasteiger partial charge < -0.3 is 19.7 Å². The first-order chi connectivity index (χ1) is 11.7. The molecule has 3 fully saturated rings. The van der Waals surface area contributed by atoms with Crippen LogP contribution in [0.3, 0.4) is 0 Å². The van der Waals surface area contributed by atoms with Crippen LogP contribution in [0.2, 0.25) is 0 Å². The van der Waals surface area contributed by atoms with Gasteiger partial charge in [0.2, 0.25) is 0 Å². The lowest BCUT2D eigenvalue weighted by Gasteiger charge is -2.45. The quantitative estimate of drug-likeness (QED) is 0.479. The normalized spacial score (nSPS) is 25.5. The van der Waals surface area contributed by atoms with Crippen LogP contribution in [0.5, 0.6) is 11.5 Å². The number of fused-ring (bicyclic) bond motifs is 3. The highest BCUT2D eigenvalue weighted by Gasteiger charge is 2.34. The first kappa shape index (κ1) is 17.0. The number of ether oxygens (including phenoxy) is 2. The molecule has 3 aliphatic rings. The van der Waals surface area contributed by atoms with E-state index in [4.69, 9.17) is 21.7 Å². The molecule has 3 heterocycles. The van der Waals surface area contributed by atoms with E-state index in [0.717, 1.165) is 18.0 Å². The average molecular weight is 348 g/mol. The van der Waals surface area contributed by atoms with Crippen molar-refractivity contribution in [1.82, 2.24) is 15.6 Å². The van der Waals surface area contributed by atoms with Gasteiger partial charge in [0.05, 0.1) is 20.4 Å². The Labute approximate surface area is 148 Å². The van der Waals surface area contributed by atoms with Gasteiger partial charge in [-0.2, -0.15) is 5.10 Å². The van der Waals surface area contributed by atoms with Gasteiger partial charge in [-0.1, -0.05) is 0 Å². The maximum Gasteiger partial charge on any atom is 0.187 e. The van der Waals surface area contributed by atoms with Crippen molar-refractivity contribution in [2.24, 2.45) is 11.0 Å². The molecule has 0 aliphatic carbocycles. The number of benzene rings is 1. The molecule has 1 unspecified atom stereocenters. The van der Waals surface area contributed by atoms with E-state index >= 15 is 0 Å². The number of hydrogen-bond donors (Lipinski definition) is 2. The molecule has 2 N–H and O–H groups in total. The molecule has 0 saturated carbocycles.